The Balaban J connectivity index is 2.01. The summed E-state index contributed by atoms with van der Waals surface area (Å²) in [5, 5.41) is 0. The van der Waals surface area contributed by atoms with Gasteiger partial charge in [0.2, 0.25) is 5.91 Å². The number of hydrogen-bond donors (Lipinski definition) is 1. The number of ether oxygens (including phenoxy) is 1. The molecule has 116 valence electrons. The zero-order chi connectivity index (χ0) is 14.6. The van der Waals surface area contributed by atoms with E-state index in [1.54, 1.807) is 0 Å². The summed E-state index contributed by atoms with van der Waals surface area (Å²) in [6.45, 7) is 3.45. The van der Waals surface area contributed by atoms with Gasteiger partial charge < -0.3 is 15.4 Å². The summed E-state index contributed by atoms with van der Waals surface area (Å²) in [6, 6.07) is 0.379. The van der Waals surface area contributed by atoms with Crippen LogP contribution in [-0.2, 0) is 9.53 Å². The first-order valence-corrected chi connectivity index (χ1v) is 8.23. The van der Waals surface area contributed by atoms with Gasteiger partial charge in [-0.15, -0.1) is 0 Å². The molecule has 1 spiro atoms. The van der Waals surface area contributed by atoms with Crippen LogP contribution in [0.15, 0.2) is 0 Å². The predicted octanol–water partition coefficient (Wildman–Crippen LogP) is 2.31. The third-order valence-electron chi connectivity index (χ3n) is 5.35. The first-order chi connectivity index (χ1) is 9.65. The lowest BCUT2D eigenvalue weighted by atomic mass is 9.54. The fraction of sp³-hybridized carbons (Fsp3) is 0.938. The van der Waals surface area contributed by atoms with Gasteiger partial charge in [0, 0.05) is 31.5 Å². The molecule has 0 bridgehead atoms. The van der Waals surface area contributed by atoms with Crippen LogP contribution in [0.2, 0.25) is 0 Å². The Morgan fingerprint density at radius 3 is 2.65 bits per heavy atom. The van der Waals surface area contributed by atoms with Crippen LogP contribution in [0.3, 0.4) is 0 Å². The predicted molar refractivity (Wildman–Crippen MR) is 80.4 cm³/mol. The summed E-state index contributed by atoms with van der Waals surface area (Å²) in [5.41, 5.74) is 5.74. The topological polar surface area (TPSA) is 55.6 Å². The van der Waals surface area contributed by atoms with E-state index in [4.69, 9.17) is 10.5 Å². The van der Waals surface area contributed by atoms with Crippen molar-refractivity contribution in [3.63, 3.8) is 0 Å². The molecule has 0 radical (unpaired) electrons. The lowest BCUT2D eigenvalue weighted by Gasteiger charge is -2.60. The summed E-state index contributed by atoms with van der Waals surface area (Å²) in [5.74, 6) is 0.250. The minimum Gasteiger partial charge on any atom is -0.378 e. The minimum absolute atomic E-state index is 0.237. The quantitative estimate of drug-likeness (QED) is 0.813. The zero-order valence-electron chi connectivity index (χ0n) is 13.1. The van der Waals surface area contributed by atoms with E-state index in [2.05, 4.69) is 6.92 Å². The summed E-state index contributed by atoms with van der Waals surface area (Å²) in [7, 11) is 1.97. The second-order valence-electron chi connectivity index (χ2n) is 6.39. The van der Waals surface area contributed by atoms with Crippen LogP contribution >= 0.6 is 0 Å². The minimum atomic E-state index is 0.237. The fourth-order valence-electron chi connectivity index (χ4n) is 4.17. The van der Waals surface area contributed by atoms with Crippen LogP contribution < -0.4 is 5.73 Å². The molecule has 2 unspecified atom stereocenters. The van der Waals surface area contributed by atoms with Crippen LogP contribution in [0.1, 0.15) is 58.3 Å². The van der Waals surface area contributed by atoms with E-state index >= 15 is 0 Å². The molecule has 2 saturated carbocycles. The number of nitrogens with two attached hydrogens (primary N) is 1. The standard InChI is InChI=1S/C16H30N2O2/c1-3-20-14-12-13(16(14)9-5-4-6-10-16)18(2)15(19)8-7-11-17/h13-14H,3-12,17H2,1-2H3. The second kappa shape index (κ2) is 6.90. The summed E-state index contributed by atoms with van der Waals surface area (Å²) >= 11 is 0. The van der Waals surface area contributed by atoms with Crippen molar-refractivity contribution < 1.29 is 9.53 Å². The van der Waals surface area contributed by atoms with E-state index in [0.717, 1.165) is 19.4 Å². The molecule has 1 amide bonds. The van der Waals surface area contributed by atoms with Crippen LogP contribution in [0.5, 0.6) is 0 Å². The van der Waals surface area contributed by atoms with Crippen LogP contribution in [0.25, 0.3) is 0 Å². The molecular weight excluding hydrogens is 252 g/mol. The molecule has 0 heterocycles. The Hall–Kier alpha value is -0.610. The second-order valence-corrected chi connectivity index (χ2v) is 6.39. The van der Waals surface area contributed by atoms with Gasteiger partial charge in [-0.1, -0.05) is 19.3 Å². The highest BCUT2D eigenvalue weighted by Gasteiger charge is 2.57. The Bertz CT molecular complexity index is 326. The van der Waals surface area contributed by atoms with E-state index < -0.39 is 0 Å². The largest absolute Gasteiger partial charge is 0.378 e. The van der Waals surface area contributed by atoms with Crippen molar-refractivity contribution in [2.24, 2.45) is 11.1 Å². The number of carbonyl (C=O) groups is 1. The fourth-order valence-corrected chi connectivity index (χ4v) is 4.17. The van der Waals surface area contributed by atoms with Crippen molar-refractivity contribution in [2.45, 2.75) is 70.4 Å². The normalized spacial score (nSPS) is 28.1. The maximum atomic E-state index is 12.3. The van der Waals surface area contributed by atoms with E-state index in [-0.39, 0.29) is 11.3 Å². The zero-order valence-corrected chi connectivity index (χ0v) is 13.1. The van der Waals surface area contributed by atoms with Gasteiger partial charge >= 0.3 is 0 Å². The average Bonchev–Trinajstić information content (AvgIpc) is 2.48. The SMILES string of the molecule is CCOC1CC(N(C)C(=O)CCCN)C12CCCCC2. The maximum Gasteiger partial charge on any atom is 0.222 e. The third-order valence-corrected chi connectivity index (χ3v) is 5.35. The van der Waals surface area contributed by atoms with Gasteiger partial charge in [0.25, 0.3) is 0 Å². The lowest BCUT2D eigenvalue weighted by molar-refractivity contribution is -0.185. The average molecular weight is 282 g/mol. The van der Waals surface area contributed by atoms with Gasteiger partial charge in [0.05, 0.1) is 6.10 Å². The van der Waals surface area contributed by atoms with Crippen LogP contribution in [0, 0.1) is 5.41 Å². The summed E-state index contributed by atoms with van der Waals surface area (Å²) in [4.78, 5) is 14.3. The highest BCUT2D eigenvalue weighted by molar-refractivity contribution is 5.76. The van der Waals surface area contributed by atoms with Gasteiger partial charge in [0.15, 0.2) is 0 Å². The molecule has 2 N–H and O–H groups in total. The molecule has 2 aliphatic rings. The van der Waals surface area contributed by atoms with Crippen molar-refractivity contribution in [1.82, 2.24) is 4.90 Å². The van der Waals surface area contributed by atoms with Crippen LogP contribution in [0.4, 0.5) is 0 Å². The Labute approximate surface area is 123 Å². The van der Waals surface area contributed by atoms with Crippen molar-refractivity contribution in [1.29, 1.82) is 0 Å². The summed E-state index contributed by atoms with van der Waals surface area (Å²) < 4.78 is 5.95. The number of amides is 1. The Morgan fingerprint density at radius 1 is 1.35 bits per heavy atom. The van der Waals surface area contributed by atoms with Crippen molar-refractivity contribution >= 4 is 5.91 Å². The third kappa shape index (κ3) is 2.86. The molecule has 0 aliphatic heterocycles. The first-order valence-electron chi connectivity index (χ1n) is 8.23. The molecule has 4 nitrogen and oxygen atoms in total. The van der Waals surface area contributed by atoms with Gasteiger partial charge in [-0.25, -0.2) is 0 Å². The number of nitrogens with zero attached hydrogens (tertiary/aromatic N) is 1. The van der Waals surface area contributed by atoms with E-state index in [0.29, 0.717) is 25.1 Å². The highest BCUT2D eigenvalue weighted by atomic mass is 16.5. The monoisotopic (exact) mass is 282 g/mol. The molecule has 2 aliphatic carbocycles. The van der Waals surface area contributed by atoms with Gasteiger partial charge in [-0.05, 0) is 39.2 Å². The van der Waals surface area contributed by atoms with Gasteiger partial charge in [-0.3, -0.25) is 4.79 Å². The van der Waals surface area contributed by atoms with Gasteiger partial charge in [-0.2, -0.15) is 0 Å². The van der Waals surface area contributed by atoms with Crippen molar-refractivity contribution in [2.75, 3.05) is 20.2 Å². The molecule has 20 heavy (non-hydrogen) atoms. The molecule has 2 rings (SSSR count). The smallest absolute Gasteiger partial charge is 0.222 e. The number of carbonyl (C=O) groups excluding carboxylic acids is 1. The molecule has 2 atom stereocenters. The van der Waals surface area contributed by atoms with Crippen molar-refractivity contribution in [3.8, 4) is 0 Å². The van der Waals surface area contributed by atoms with Crippen LogP contribution in [-0.4, -0.2) is 43.2 Å². The molecule has 0 aromatic rings. The molecule has 2 fully saturated rings. The molecular formula is C16H30N2O2. The Kier molecular flexibility index (Phi) is 5.44. The van der Waals surface area contributed by atoms with Crippen molar-refractivity contribution in [3.05, 3.63) is 0 Å². The molecule has 0 aromatic heterocycles. The molecule has 4 heteroatoms. The first kappa shape index (κ1) is 15.8. The molecule has 0 aromatic carbocycles. The van der Waals surface area contributed by atoms with Gasteiger partial charge in [0.1, 0.15) is 0 Å². The highest BCUT2D eigenvalue weighted by Crippen LogP contribution is 2.55. The number of rotatable bonds is 6. The molecule has 0 saturated heterocycles. The lowest BCUT2D eigenvalue weighted by Crippen LogP contribution is -2.65. The number of hydrogen-bond acceptors (Lipinski definition) is 3. The van der Waals surface area contributed by atoms with E-state index in [9.17, 15) is 4.79 Å². The van der Waals surface area contributed by atoms with E-state index in [1.807, 2.05) is 11.9 Å². The maximum absolute atomic E-state index is 12.3. The van der Waals surface area contributed by atoms with E-state index in [1.165, 1.54) is 32.1 Å². The Morgan fingerprint density at radius 2 is 2.05 bits per heavy atom. The summed E-state index contributed by atoms with van der Waals surface area (Å²) in [6.07, 6.45) is 9.08.